The van der Waals surface area contributed by atoms with E-state index in [1.54, 1.807) is 7.11 Å². The Morgan fingerprint density at radius 1 is 1.35 bits per heavy atom. The Morgan fingerprint density at radius 2 is 2.22 bits per heavy atom. The van der Waals surface area contributed by atoms with Crippen molar-refractivity contribution in [1.82, 2.24) is 0 Å². The highest BCUT2D eigenvalue weighted by molar-refractivity contribution is 7.10. The van der Waals surface area contributed by atoms with Crippen LogP contribution in [0.2, 0.25) is 0 Å². The number of ether oxygens (including phenoxy) is 1. The quantitative estimate of drug-likeness (QED) is 0.822. The summed E-state index contributed by atoms with van der Waals surface area (Å²) in [5.74, 6) is 0.0442. The van der Waals surface area contributed by atoms with Crippen LogP contribution in [0.15, 0.2) is 35.7 Å². The van der Waals surface area contributed by atoms with Gasteiger partial charge in [0.1, 0.15) is 0 Å². The highest BCUT2D eigenvalue weighted by Gasteiger charge is 2.19. The third-order valence-corrected chi connectivity index (χ3v) is 5.10. The van der Waals surface area contributed by atoms with Crippen LogP contribution in [0.3, 0.4) is 0 Å². The molecular formula is C18H22N2O2S. The molecule has 2 heterocycles. The highest BCUT2D eigenvalue weighted by atomic mass is 32.1. The SMILES string of the molecule is COCCCC(=O)Nc1ccccc1N1CCc2sccc2C1. The lowest BCUT2D eigenvalue weighted by molar-refractivity contribution is -0.116. The number of nitrogens with one attached hydrogen (secondary N) is 1. The molecule has 0 saturated heterocycles. The van der Waals surface area contributed by atoms with E-state index >= 15 is 0 Å². The van der Waals surface area contributed by atoms with E-state index in [1.165, 1.54) is 10.4 Å². The summed E-state index contributed by atoms with van der Waals surface area (Å²) in [4.78, 5) is 15.9. The summed E-state index contributed by atoms with van der Waals surface area (Å²) in [6, 6.07) is 10.3. The smallest absolute Gasteiger partial charge is 0.224 e. The maximum atomic E-state index is 12.1. The number of fused-ring (bicyclic) bond motifs is 1. The zero-order valence-corrected chi connectivity index (χ0v) is 14.2. The fraction of sp³-hybridized carbons (Fsp3) is 0.389. The molecule has 5 heteroatoms. The minimum absolute atomic E-state index is 0.0442. The van der Waals surface area contributed by atoms with Gasteiger partial charge >= 0.3 is 0 Å². The molecule has 0 unspecified atom stereocenters. The van der Waals surface area contributed by atoms with Crippen molar-refractivity contribution in [1.29, 1.82) is 0 Å². The number of rotatable bonds is 6. The minimum Gasteiger partial charge on any atom is -0.385 e. The molecule has 1 N–H and O–H groups in total. The van der Waals surface area contributed by atoms with Gasteiger partial charge in [-0.15, -0.1) is 11.3 Å². The van der Waals surface area contributed by atoms with Crippen LogP contribution in [0.5, 0.6) is 0 Å². The molecule has 1 aliphatic rings. The molecule has 0 bridgehead atoms. The van der Waals surface area contributed by atoms with E-state index in [9.17, 15) is 4.79 Å². The van der Waals surface area contributed by atoms with Crippen LogP contribution < -0.4 is 10.2 Å². The van der Waals surface area contributed by atoms with Crippen LogP contribution >= 0.6 is 11.3 Å². The van der Waals surface area contributed by atoms with Gasteiger partial charge in [-0.1, -0.05) is 12.1 Å². The molecule has 0 spiro atoms. The molecule has 0 aliphatic carbocycles. The second kappa shape index (κ2) is 7.62. The Hall–Kier alpha value is -1.85. The van der Waals surface area contributed by atoms with E-state index < -0.39 is 0 Å². The summed E-state index contributed by atoms with van der Waals surface area (Å²) in [5.41, 5.74) is 3.40. The molecule has 3 rings (SSSR count). The van der Waals surface area contributed by atoms with Gasteiger partial charge in [0.25, 0.3) is 0 Å². The van der Waals surface area contributed by atoms with Gasteiger partial charge in [-0.3, -0.25) is 4.79 Å². The van der Waals surface area contributed by atoms with Crippen LogP contribution in [0.25, 0.3) is 0 Å². The zero-order valence-electron chi connectivity index (χ0n) is 13.4. The molecule has 0 saturated carbocycles. The molecule has 4 nitrogen and oxygen atoms in total. The van der Waals surface area contributed by atoms with Crippen molar-refractivity contribution < 1.29 is 9.53 Å². The molecule has 1 amide bonds. The Kier molecular flexibility index (Phi) is 5.31. The normalized spacial score (nSPS) is 13.7. The standard InChI is InChI=1S/C18H22N2O2S/c1-22-11-4-7-18(21)19-15-5-2-3-6-16(15)20-10-8-17-14(13-20)9-12-23-17/h2-3,5-6,9,12H,4,7-8,10-11,13H2,1H3,(H,19,21). The van der Waals surface area contributed by atoms with E-state index in [1.807, 2.05) is 29.5 Å². The second-order valence-electron chi connectivity index (χ2n) is 5.70. The van der Waals surface area contributed by atoms with Gasteiger partial charge < -0.3 is 15.0 Å². The number of thiophene rings is 1. The van der Waals surface area contributed by atoms with Crippen LogP contribution in [0.4, 0.5) is 11.4 Å². The maximum Gasteiger partial charge on any atom is 0.224 e. The van der Waals surface area contributed by atoms with Gasteiger partial charge in [0.15, 0.2) is 0 Å². The van der Waals surface area contributed by atoms with Crippen LogP contribution in [0.1, 0.15) is 23.3 Å². The number of benzene rings is 1. The van der Waals surface area contributed by atoms with Crippen molar-refractivity contribution in [3.05, 3.63) is 46.2 Å². The number of methoxy groups -OCH3 is 1. The first kappa shape index (κ1) is 16.0. The highest BCUT2D eigenvalue weighted by Crippen LogP contribution is 2.32. The number of hydrogen-bond donors (Lipinski definition) is 1. The van der Waals surface area contributed by atoms with Gasteiger partial charge in [-0.25, -0.2) is 0 Å². The molecule has 1 aromatic carbocycles. The lowest BCUT2D eigenvalue weighted by Gasteiger charge is -2.30. The number of amides is 1. The first-order chi connectivity index (χ1) is 11.3. The molecule has 23 heavy (non-hydrogen) atoms. The summed E-state index contributed by atoms with van der Waals surface area (Å²) < 4.78 is 5.00. The van der Waals surface area contributed by atoms with E-state index in [-0.39, 0.29) is 5.91 Å². The summed E-state index contributed by atoms with van der Waals surface area (Å²) in [5, 5.41) is 5.22. The predicted molar refractivity (Wildman–Crippen MR) is 95.3 cm³/mol. The number of para-hydroxylation sites is 2. The molecule has 122 valence electrons. The number of hydrogen-bond acceptors (Lipinski definition) is 4. The van der Waals surface area contributed by atoms with Crippen molar-refractivity contribution >= 4 is 28.6 Å². The van der Waals surface area contributed by atoms with Gasteiger partial charge in [-0.2, -0.15) is 0 Å². The van der Waals surface area contributed by atoms with Gasteiger partial charge in [0.2, 0.25) is 5.91 Å². The fourth-order valence-corrected chi connectivity index (χ4v) is 3.79. The average molecular weight is 330 g/mol. The Balaban J connectivity index is 1.70. The van der Waals surface area contributed by atoms with Crippen LogP contribution in [0, 0.1) is 0 Å². The van der Waals surface area contributed by atoms with Gasteiger partial charge in [0.05, 0.1) is 11.4 Å². The molecule has 1 aromatic heterocycles. The maximum absolute atomic E-state index is 12.1. The number of nitrogens with zero attached hydrogens (tertiary/aromatic N) is 1. The summed E-state index contributed by atoms with van der Waals surface area (Å²) in [6.45, 7) is 2.52. The van der Waals surface area contributed by atoms with Crippen molar-refractivity contribution in [2.75, 3.05) is 30.5 Å². The Labute approximate surface area is 141 Å². The van der Waals surface area contributed by atoms with E-state index in [4.69, 9.17) is 4.74 Å². The largest absolute Gasteiger partial charge is 0.385 e. The average Bonchev–Trinajstić information content (AvgIpc) is 3.03. The van der Waals surface area contributed by atoms with Crippen molar-refractivity contribution in [2.24, 2.45) is 0 Å². The van der Waals surface area contributed by atoms with E-state index in [0.717, 1.165) is 37.3 Å². The minimum atomic E-state index is 0.0442. The molecule has 0 radical (unpaired) electrons. The van der Waals surface area contributed by atoms with E-state index in [0.29, 0.717) is 13.0 Å². The predicted octanol–water partition coefficient (Wildman–Crippen LogP) is 3.68. The number of carbonyl (C=O) groups is 1. The van der Waals surface area contributed by atoms with Gasteiger partial charge in [-0.05, 0) is 42.0 Å². The van der Waals surface area contributed by atoms with Crippen molar-refractivity contribution in [3.63, 3.8) is 0 Å². The van der Waals surface area contributed by atoms with Crippen LogP contribution in [-0.4, -0.2) is 26.2 Å². The summed E-state index contributed by atoms with van der Waals surface area (Å²) in [7, 11) is 1.66. The second-order valence-corrected chi connectivity index (χ2v) is 6.70. The molecule has 0 atom stereocenters. The monoisotopic (exact) mass is 330 g/mol. The molecule has 0 fully saturated rings. The summed E-state index contributed by atoms with van der Waals surface area (Å²) >= 11 is 1.84. The topological polar surface area (TPSA) is 41.6 Å². The third-order valence-electron chi connectivity index (χ3n) is 4.08. The van der Waals surface area contributed by atoms with Gasteiger partial charge in [0, 0.05) is 38.1 Å². The van der Waals surface area contributed by atoms with E-state index in [2.05, 4.69) is 27.7 Å². The summed E-state index contributed by atoms with van der Waals surface area (Å²) in [6.07, 6.45) is 2.30. The first-order valence-corrected chi connectivity index (χ1v) is 8.84. The third kappa shape index (κ3) is 3.92. The fourth-order valence-electron chi connectivity index (χ4n) is 2.90. The zero-order chi connectivity index (χ0) is 16.1. The molecule has 2 aromatic rings. The van der Waals surface area contributed by atoms with Crippen molar-refractivity contribution in [2.45, 2.75) is 25.8 Å². The number of carbonyl (C=O) groups excluding carboxylic acids is 1. The number of anilines is 2. The van der Waals surface area contributed by atoms with Crippen molar-refractivity contribution in [3.8, 4) is 0 Å². The molecular weight excluding hydrogens is 308 g/mol. The lowest BCUT2D eigenvalue weighted by atomic mass is 10.1. The first-order valence-electron chi connectivity index (χ1n) is 7.96. The lowest BCUT2D eigenvalue weighted by Crippen LogP contribution is -2.30. The Bertz CT molecular complexity index is 669. The molecule has 1 aliphatic heterocycles. The Morgan fingerprint density at radius 3 is 3.09 bits per heavy atom. The van der Waals surface area contributed by atoms with Crippen LogP contribution in [-0.2, 0) is 22.5 Å².